The van der Waals surface area contributed by atoms with E-state index in [9.17, 15) is 10.2 Å². The number of aliphatic hydroxyl groups excluding tert-OH is 2. The average Bonchev–Trinajstić information content (AvgIpc) is 3.36. The van der Waals surface area contributed by atoms with Gasteiger partial charge in [-0.25, -0.2) is 15.0 Å². The van der Waals surface area contributed by atoms with Crippen LogP contribution in [0.25, 0.3) is 11.2 Å². The van der Waals surface area contributed by atoms with Crippen LogP contribution in [0, 0.1) is 0 Å². The molecule has 0 saturated carbocycles. The summed E-state index contributed by atoms with van der Waals surface area (Å²) in [6, 6.07) is 7.63. The second kappa shape index (κ2) is 9.16. The lowest BCUT2D eigenvalue weighted by Gasteiger charge is -2.13. The van der Waals surface area contributed by atoms with Gasteiger partial charge in [-0.1, -0.05) is 6.92 Å². The van der Waals surface area contributed by atoms with Gasteiger partial charge in [-0.05, 0) is 36.2 Å². The Morgan fingerprint density at radius 1 is 1.30 bits per heavy atom. The van der Waals surface area contributed by atoms with E-state index >= 15 is 0 Å². The zero-order valence-electron chi connectivity index (χ0n) is 16.5. The molecule has 30 heavy (non-hydrogen) atoms. The largest absolute Gasteiger partial charge is 0.494 e. The lowest BCUT2D eigenvalue weighted by Crippen LogP contribution is -2.24. The fraction of sp³-hybridized carbons (Fsp3) is 0.400. The zero-order chi connectivity index (χ0) is 20.9. The Morgan fingerprint density at radius 2 is 2.13 bits per heavy atom. The lowest BCUT2D eigenvalue weighted by atomic mass is 10.2. The van der Waals surface area contributed by atoms with E-state index in [-0.39, 0.29) is 6.61 Å². The van der Waals surface area contributed by atoms with Crippen LogP contribution in [0.3, 0.4) is 0 Å². The maximum absolute atomic E-state index is 9.98. The van der Waals surface area contributed by atoms with Crippen molar-refractivity contribution < 1.29 is 19.7 Å². The predicted octanol–water partition coefficient (Wildman–Crippen LogP) is 1.70. The smallest absolute Gasteiger partial charge is 0.177 e. The number of benzene rings is 1. The first-order valence-electron chi connectivity index (χ1n) is 9.83. The van der Waals surface area contributed by atoms with Gasteiger partial charge in [0.1, 0.15) is 24.4 Å². The van der Waals surface area contributed by atoms with Crippen LogP contribution in [0.1, 0.15) is 31.6 Å². The summed E-state index contributed by atoms with van der Waals surface area (Å²) < 4.78 is 13.0. The lowest BCUT2D eigenvalue weighted by molar-refractivity contribution is -0.0432. The zero-order valence-corrected chi connectivity index (χ0v) is 16.5. The van der Waals surface area contributed by atoms with Gasteiger partial charge in [0.05, 0.1) is 31.9 Å². The van der Waals surface area contributed by atoms with Crippen molar-refractivity contribution in [3.8, 4) is 5.75 Å². The van der Waals surface area contributed by atoms with Crippen molar-refractivity contribution in [3.05, 3.63) is 42.5 Å². The molecular weight excluding hydrogens is 388 g/mol. The maximum Gasteiger partial charge on any atom is 0.177 e. The summed E-state index contributed by atoms with van der Waals surface area (Å²) >= 11 is 0. The molecule has 10 nitrogen and oxygen atoms in total. The number of hydrazone groups is 1. The number of rotatable bonds is 8. The van der Waals surface area contributed by atoms with Crippen molar-refractivity contribution in [1.29, 1.82) is 0 Å². The Hall–Kier alpha value is -3.08. The highest BCUT2D eigenvalue weighted by molar-refractivity contribution is 5.84. The highest BCUT2D eigenvalue weighted by atomic mass is 16.5. The van der Waals surface area contributed by atoms with Crippen molar-refractivity contribution in [2.45, 2.75) is 38.2 Å². The molecule has 1 aliphatic heterocycles. The molecule has 10 heteroatoms. The van der Waals surface area contributed by atoms with Gasteiger partial charge in [-0.15, -0.1) is 0 Å². The summed E-state index contributed by atoms with van der Waals surface area (Å²) in [4.78, 5) is 12.9. The normalized spacial score (nSPS) is 21.5. The number of anilines is 1. The number of ether oxygens (including phenoxy) is 2. The summed E-state index contributed by atoms with van der Waals surface area (Å²) in [6.45, 7) is 2.51. The van der Waals surface area contributed by atoms with Gasteiger partial charge in [-0.3, -0.25) is 9.99 Å². The average molecular weight is 412 g/mol. The first-order valence-corrected chi connectivity index (χ1v) is 9.83. The summed E-state index contributed by atoms with van der Waals surface area (Å²) in [5.41, 5.74) is 4.89. The molecule has 1 aliphatic rings. The third-order valence-corrected chi connectivity index (χ3v) is 4.79. The molecule has 0 amide bonds. The van der Waals surface area contributed by atoms with Gasteiger partial charge in [-0.2, -0.15) is 5.10 Å². The van der Waals surface area contributed by atoms with Gasteiger partial charge in [0.25, 0.3) is 0 Å². The monoisotopic (exact) mass is 412 g/mol. The van der Waals surface area contributed by atoms with Gasteiger partial charge in [0, 0.05) is 6.42 Å². The van der Waals surface area contributed by atoms with E-state index in [4.69, 9.17) is 9.47 Å². The molecule has 0 bridgehead atoms. The molecule has 158 valence electrons. The number of aliphatic hydroxyl groups is 2. The Morgan fingerprint density at radius 3 is 2.87 bits per heavy atom. The molecule has 0 radical (unpaired) electrons. The van der Waals surface area contributed by atoms with Crippen LogP contribution in [0.2, 0.25) is 0 Å². The molecule has 3 atom stereocenters. The summed E-state index contributed by atoms with van der Waals surface area (Å²) in [5, 5.41) is 23.5. The van der Waals surface area contributed by atoms with E-state index in [1.165, 1.54) is 6.33 Å². The van der Waals surface area contributed by atoms with Crippen molar-refractivity contribution >= 4 is 23.2 Å². The molecule has 3 N–H and O–H groups in total. The predicted molar refractivity (Wildman–Crippen MR) is 110 cm³/mol. The third kappa shape index (κ3) is 4.25. The van der Waals surface area contributed by atoms with E-state index < -0.39 is 18.4 Å². The van der Waals surface area contributed by atoms with Crippen LogP contribution in [0.4, 0.5) is 5.82 Å². The number of fused-ring (bicyclic) bond motifs is 1. The maximum atomic E-state index is 9.98. The molecule has 4 rings (SSSR count). The minimum Gasteiger partial charge on any atom is -0.494 e. The third-order valence-electron chi connectivity index (χ3n) is 4.79. The van der Waals surface area contributed by atoms with Crippen LogP contribution >= 0.6 is 0 Å². The number of aromatic nitrogens is 4. The van der Waals surface area contributed by atoms with Crippen molar-refractivity contribution in [3.63, 3.8) is 0 Å². The Labute approximate surface area is 173 Å². The van der Waals surface area contributed by atoms with Crippen molar-refractivity contribution in [1.82, 2.24) is 19.5 Å². The number of hydrogen-bond donors (Lipinski definition) is 3. The number of nitrogens with zero attached hydrogens (tertiary/aromatic N) is 5. The fourth-order valence-corrected chi connectivity index (χ4v) is 3.23. The van der Waals surface area contributed by atoms with Gasteiger partial charge in [0.2, 0.25) is 0 Å². The van der Waals surface area contributed by atoms with E-state index in [0.717, 1.165) is 17.7 Å². The fourth-order valence-electron chi connectivity index (χ4n) is 3.23. The van der Waals surface area contributed by atoms with Gasteiger partial charge >= 0.3 is 0 Å². The van der Waals surface area contributed by atoms with E-state index in [1.807, 2.05) is 24.3 Å². The summed E-state index contributed by atoms with van der Waals surface area (Å²) in [6.07, 6.45) is 4.17. The molecule has 1 fully saturated rings. The Kier molecular flexibility index (Phi) is 6.17. The highest BCUT2D eigenvalue weighted by Gasteiger charge is 2.35. The van der Waals surface area contributed by atoms with E-state index in [1.54, 1.807) is 17.1 Å². The topological polar surface area (TPSA) is 127 Å². The van der Waals surface area contributed by atoms with Gasteiger partial charge < -0.3 is 19.7 Å². The highest BCUT2D eigenvalue weighted by Crippen LogP contribution is 2.31. The minimum atomic E-state index is -0.736. The molecule has 1 aromatic carbocycles. The first kappa shape index (κ1) is 20.2. The quantitative estimate of drug-likeness (QED) is 0.377. The molecule has 3 heterocycles. The molecule has 3 aromatic rings. The van der Waals surface area contributed by atoms with Gasteiger partial charge in [0.15, 0.2) is 17.0 Å². The number of imidazole rings is 1. The SMILES string of the molecule is CCCOc1ccc(/C=N/Nc2ncnc3c2ncn3[C@H]2C[C@@H](O)[C@@H](CO)O2)cc1. The van der Waals surface area contributed by atoms with Crippen LogP contribution in [-0.4, -0.2) is 61.4 Å². The van der Waals surface area contributed by atoms with Crippen LogP contribution in [-0.2, 0) is 4.74 Å². The second-order valence-corrected chi connectivity index (χ2v) is 6.95. The van der Waals surface area contributed by atoms with Crippen LogP contribution in [0.15, 0.2) is 42.0 Å². The second-order valence-electron chi connectivity index (χ2n) is 6.95. The molecular formula is C20H24N6O4. The minimum absolute atomic E-state index is 0.244. The Bertz CT molecular complexity index is 1010. The Balaban J connectivity index is 1.46. The van der Waals surface area contributed by atoms with E-state index in [2.05, 4.69) is 32.4 Å². The molecule has 0 aliphatic carbocycles. The van der Waals surface area contributed by atoms with Crippen LogP contribution < -0.4 is 10.2 Å². The van der Waals surface area contributed by atoms with E-state index in [0.29, 0.717) is 30.0 Å². The number of hydrogen-bond acceptors (Lipinski definition) is 9. The first-order chi connectivity index (χ1) is 14.7. The molecule has 1 saturated heterocycles. The standard InChI is InChI=1S/C20H24N6O4/c1-2-7-29-14-5-3-13(4-6-14)9-24-25-19-18-20(22-11-21-19)26(12-23-18)17-8-15(28)16(10-27)30-17/h3-6,9,11-12,15-17,27-28H,2,7-8,10H2,1H3,(H,21,22,25)/b24-9+/t15-,16-,17-/m1/s1. The molecule has 2 aromatic heterocycles. The molecule has 0 unspecified atom stereocenters. The molecule has 0 spiro atoms. The summed E-state index contributed by atoms with van der Waals surface area (Å²) in [5.74, 6) is 1.28. The number of nitrogens with one attached hydrogen (secondary N) is 1. The van der Waals surface area contributed by atoms with Crippen molar-refractivity contribution in [2.24, 2.45) is 5.10 Å². The van der Waals surface area contributed by atoms with Crippen LogP contribution in [0.5, 0.6) is 5.75 Å². The van der Waals surface area contributed by atoms with Crippen molar-refractivity contribution in [2.75, 3.05) is 18.6 Å². The summed E-state index contributed by atoms with van der Waals surface area (Å²) in [7, 11) is 0.